The summed E-state index contributed by atoms with van der Waals surface area (Å²) in [6.07, 6.45) is 0. The fourth-order valence-electron chi connectivity index (χ4n) is 4.74. The highest BCUT2D eigenvalue weighted by molar-refractivity contribution is 7.84. The summed E-state index contributed by atoms with van der Waals surface area (Å²) in [4.78, 5) is 13.3. The first-order valence-corrected chi connectivity index (χ1v) is 14.1. The van der Waals surface area contributed by atoms with Gasteiger partial charge in [0.15, 0.2) is 11.5 Å². The van der Waals surface area contributed by atoms with Gasteiger partial charge in [0.1, 0.15) is 0 Å². The Labute approximate surface area is 212 Å². The van der Waals surface area contributed by atoms with E-state index in [9.17, 15) is 13.2 Å². The second-order valence-corrected chi connectivity index (χ2v) is 12.3. The highest BCUT2D eigenvalue weighted by atomic mass is 32.2. The van der Waals surface area contributed by atoms with Crippen molar-refractivity contribution in [3.63, 3.8) is 0 Å². The lowest BCUT2D eigenvalue weighted by Gasteiger charge is -2.28. The number of benzene rings is 2. The molecule has 0 bridgehead atoms. The van der Waals surface area contributed by atoms with Crippen LogP contribution >= 0.6 is 0 Å². The minimum absolute atomic E-state index is 0.0519. The molecule has 0 aliphatic heterocycles. The summed E-state index contributed by atoms with van der Waals surface area (Å²) in [7, 11) is -4.28. The molecule has 0 spiro atoms. The second-order valence-electron chi connectivity index (χ2n) is 11.1. The van der Waals surface area contributed by atoms with Gasteiger partial charge in [-0.25, -0.2) is 0 Å². The van der Waals surface area contributed by atoms with Gasteiger partial charge in [-0.1, -0.05) is 81.4 Å². The summed E-state index contributed by atoms with van der Waals surface area (Å²) in [6.45, 7) is 22.5. The van der Waals surface area contributed by atoms with Crippen LogP contribution in [0.4, 0.5) is 0 Å². The van der Waals surface area contributed by atoms with Crippen LogP contribution in [-0.2, 0) is 10.3 Å². The third-order valence-electron chi connectivity index (χ3n) is 6.50. The van der Waals surface area contributed by atoms with Crippen molar-refractivity contribution in [2.24, 2.45) is 5.14 Å². The molecule has 0 aliphatic rings. The highest BCUT2D eigenvalue weighted by Gasteiger charge is 2.30. The van der Waals surface area contributed by atoms with Crippen LogP contribution in [0.3, 0.4) is 0 Å². The van der Waals surface area contributed by atoms with Crippen LogP contribution < -0.4 is 9.32 Å². The molecule has 0 fully saturated rings. The number of nitrogens with two attached hydrogens (primary N) is 1. The van der Waals surface area contributed by atoms with E-state index in [4.69, 9.17) is 9.32 Å². The molecule has 0 aromatic heterocycles. The van der Waals surface area contributed by atoms with Crippen molar-refractivity contribution >= 4 is 16.1 Å². The molecule has 0 radical (unpaired) electrons. The molecule has 2 N–H and O–H groups in total. The Kier molecular flexibility index (Phi) is 8.99. The summed E-state index contributed by atoms with van der Waals surface area (Å²) in [6, 6.07) is 6.48. The van der Waals surface area contributed by atoms with Crippen molar-refractivity contribution < 1.29 is 17.4 Å². The molecular formula is C29H43NO4S. The standard InChI is InChI=1S/C29H43NO4S/c1-15(2)21-12-22(16(3)4)28(23(13-21)17(5)6)25-14-24(18(7)8)29(34-35(30,32)33)26(19(9)10)27(25)20(11)31/h12-19H,1-11H3,(H2,30,32,33). The molecule has 0 amide bonds. The summed E-state index contributed by atoms with van der Waals surface area (Å²) < 4.78 is 29.5. The maximum absolute atomic E-state index is 13.3. The molecule has 2 aromatic rings. The molecule has 0 saturated carbocycles. The van der Waals surface area contributed by atoms with E-state index in [1.165, 1.54) is 23.6 Å². The van der Waals surface area contributed by atoms with Gasteiger partial charge in [0.25, 0.3) is 0 Å². The summed E-state index contributed by atoms with van der Waals surface area (Å²) in [5.74, 6) is 0.664. The Morgan fingerprint density at radius 1 is 0.743 bits per heavy atom. The molecule has 2 aromatic carbocycles. The fraction of sp³-hybridized carbons (Fsp3) is 0.552. The number of rotatable bonds is 9. The van der Waals surface area contributed by atoms with E-state index >= 15 is 0 Å². The number of hydrogen-bond donors (Lipinski definition) is 1. The fourth-order valence-corrected chi connectivity index (χ4v) is 5.16. The van der Waals surface area contributed by atoms with Gasteiger partial charge in [-0.2, -0.15) is 13.6 Å². The molecule has 0 atom stereocenters. The lowest BCUT2D eigenvalue weighted by atomic mass is 9.77. The van der Waals surface area contributed by atoms with Gasteiger partial charge in [0, 0.05) is 11.1 Å². The lowest BCUT2D eigenvalue weighted by molar-refractivity contribution is 0.101. The predicted molar refractivity (Wildman–Crippen MR) is 146 cm³/mol. The number of hydrogen-bond acceptors (Lipinski definition) is 4. The quantitative estimate of drug-likeness (QED) is 0.356. The first kappa shape index (κ1) is 29.1. The van der Waals surface area contributed by atoms with E-state index in [-0.39, 0.29) is 35.2 Å². The average molecular weight is 502 g/mol. The normalized spacial score (nSPS) is 12.5. The lowest BCUT2D eigenvalue weighted by Crippen LogP contribution is -2.22. The van der Waals surface area contributed by atoms with Crippen LogP contribution in [0, 0.1) is 0 Å². The van der Waals surface area contributed by atoms with E-state index < -0.39 is 10.3 Å². The van der Waals surface area contributed by atoms with E-state index in [0.717, 1.165) is 16.7 Å². The zero-order valence-corrected chi connectivity index (χ0v) is 24.1. The minimum atomic E-state index is -4.28. The maximum Gasteiger partial charge on any atom is 0.380 e. The monoisotopic (exact) mass is 501 g/mol. The molecule has 35 heavy (non-hydrogen) atoms. The molecule has 0 saturated heterocycles. The van der Waals surface area contributed by atoms with E-state index in [0.29, 0.717) is 17.0 Å². The predicted octanol–water partition coefficient (Wildman–Crippen LogP) is 7.76. The SMILES string of the molecule is CC(=O)c1c(-c2c(C(C)C)cc(C(C)C)cc2C(C)C)cc(C(C)C)c(OS(N)(=O)=O)c1C(C)C. The van der Waals surface area contributed by atoms with Crippen molar-refractivity contribution in [3.8, 4) is 16.9 Å². The van der Waals surface area contributed by atoms with E-state index in [1.807, 2.05) is 33.8 Å². The molecule has 5 nitrogen and oxygen atoms in total. The molecular weight excluding hydrogens is 458 g/mol. The van der Waals surface area contributed by atoms with Gasteiger partial charge < -0.3 is 4.18 Å². The smallest absolute Gasteiger partial charge is 0.370 e. The van der Waals surface area contributed by atoms with Crippen LogP contribution in [-0.4, -0.2) is 14.2 Å². The molecule has 0 unspecified atom stereocenters. The zero-order valence-electron chi connectivity index (χ0n) is 23.2. The number of Topliss-reactive ketones (excluding diaryl/α,β-unsaturated/α-hetero) is 1. The second kappa shape index (κ2) is 10.8. The van der Waals surface area contributed by atoms with Crippen molar-refractivity contribution in [3.05, 3.63) is 51.6 Å². The van der Waals surface area contributed by atoms with Gasteiger partial charge in [-0.05, 0) is 76.0 Å². The summed E-state index contributed by atoms with van der Waals surface area (Å²) >= 11 is 0. The van der Waals surface area contributed by atoms with Crippen molar-refractivity contribution in [2.75, 3.05) is 0 Å². The Balaban J connectivity index is 3.25. The first-order valence-electron chi connectivity index (χ1n) is 12.6. The number of carbonyl (C=O) groups is 1. The van der Waals surface area contributed by atoms with E-state index in [1.54, 1.807) is 0 Å². The topological polar surface area (TPSA) is 86.5 Å². The third kappa shape index (κ3) is 6.34. The zero-order chi connectivity index (χ0) is 27.0. The summed E-state index contributed by atoms with van der Waals surface area (Å²) in [5, 5.41) is 5.32. The van der Waals surface area contributed by atoms with Crippen molar-refractivity contribution in [2.45, 2.75) is 106 Å². The van der Waals surface area contributed by atoms with Gasteiger partial charge in [0.2, 0.25) is 0 Å². The molecule has 194 valence electrons. The highest BCUT2D eigenvalue weighted by Crippen LogP contribution is 2.47. The van der Waals surface area contributed by atoms with Gasteiger partial charge in [-0.3, -0.25) is 4.79 Å². The average Bonchev–Trinajstić information content (AvgIpc) is 2.70. The Bertz CT molecular complexity index is 1180. The molecule has 2 rings (SSSR count). The van der Waals surface area contributed by atoms with Crippen LogP contribution in [0.15, 0.2) is 18.2 Å². The van der Waals surface area contributed by atoms with E-state index in [2.05, 4.69) is 53.7 Å². The Hall–Kier alpha value is -2.18. The van der Waals surface area contributed by atoms with Crippen molar-refractivity contribution in [1.82, 2.24) is 0 Å². The summed E-state index contributed by atoms with van der Waals surface area (Å²) in [5.41, 5.74) is 7.37. The van der Waals surface area contributed by atoms with Gasteiger partial charge >= 0.3 is 10.3 Å². The Morgan fingerprint density at radius 3 is 1.51 bits per heavy atom. The largest absolute Gasteiger partial charge is 0.380 e. The van der Waals surface area contributed by atoms with Crippen LogP contribution in [0.1, 0.15) is 144 Å². The molecule has 0 aliphatic carbocycles. The van der Waals surface area contributed by atoms with Crippen LogP contribution in [0.25, 0.3) is 11.1 Å². The maximum atomic E-state index is 13.3. The van der Waals surface area contributed by atoms with Crippen LogP contribution in [0.2, 0.25) is 0 Å². The first-order chi connectivity index (χ1) is 16.0. The number of carbonyl (C=O) groups excluding carboxylic acids is 1. The van der Waals surface area contributed by atoms with Crippen LogP contribution in [0.5, 0.6) is 5.75 Å². The van der Waals surface area contributed by atoms with Gasteiger partial charge in [-0.15, -0.1) is 0 Å². The molecule has 0 heterocycles. The third-order valence-corrected chi connectivity index (χ3v) is 6.90. The van der Waals surface area contributed by atoms with Gasteiger partial charge in [0.05, 0.1) is 0 Å². The molecule has 6 heteroatoms. The number of ketones is 1. The van der Waals surface area contributed by atoms with Crippen molar-refractivity contribution in [1.29, 1.82) is 0 Å². The minimum Gasteiger partial charge on any atom is -0.370 e. The Morgan fingerprint density at radius 2 is 1.20 bits per heavy atom.